The fourth-order valence-electron chi connectivity index (χ4n) is 1.48. The van der Waals surface area contributed by atoms with Crippen LogP contribution in [-0.2, 0) is 12.8 Å². The molecule has 0 N–H and O–H groups in total. The van der Waals surface area contributed by atoms with Gasteiger partial charge in [-0.3, -0.25) is 0 Å². The zero-order valence-corrected chi connectivity index (χ0v) is 10.0. The fourth-order valence-corrected chi connectivity index (χ4v) is 1.93. The lowest BCUT2D eigenvalue weighted by Gasteiger charge is -2.02. The van der Waals surface area contributed by atoms with Crippen molar-refractivity contribution >= 4 is 23.2 Å². The Kier molecular flexibility index (Phi) is 3.75. The molecule has 4 heteroatoms. The van der Waals surface area contributed by atoms with E-state index >= 15 is 0 Å². The van der Waals surface area contributed by atoms with Crippen LogP contribution in [0, 0.1) is 0 Å². The summed E-state index contributed by atoms with van der Waals surface area (Å²) in [5, 5.41) is 0.596. The average Bonchev–Trinajstić information content (AvgIpc) is 2.27. The molecule has 16 heavy (non-hydrogen) atoms. The largest absolute Gasteiger partial charge is 0.224 e. The molecule has 0 unspecified atom stereocenters. The van der Waals surface area contributed by atoms with Gasteiger partial charge in [0.1, 0.15) is 5.15 Å². The molecule has 0 aliphatic heterocycles. The monoisotopic (exact) mass is 252 g/mol. The quantitative estimate of drug-likeness (QED) is 0.617. The minimum Gasteiger partial charge on any atom is -0.223 e. The van der Waals surface area contributed by atoms with E-state index in [4.69, 9.17) is 23.2 Å². The molecular formula is C12H10Cl2N2. The molecule has 2 rings (SSSR count). The van der Waals surface area contributed by atoms with Gasteiger partial charge in [-0.2, -0.15) is 0 Å². The molecule has 1 heterocycles. The zero-order valence-electron chi connectivity index (χ0n) is 8.53. The molecule has 0 amide bonds. The maximum atomic E-state index is 5.80. The molecule has 0 fully saturated rings. The number of hydrogen-bond donors (Lipinski definition) is 0. The summed E-state index contributed by atoms with van der Waals surface area (Å²) in [6.07, 6.45) is 1.73. The molecule has 0 spiro atoms. The van der Waals surface area contributed by atoms with Crippen LogP contribution >= 0.6 is 23.2 Å². The number of rotatable bonds is 3. The number of hydrogen-bond acceptors (Lipinski definition) is 2. The SMILES string of the molecule is Clc1cc(CCc2ccccc2)nc(Cl)n1. The minimum absolute atomic E-state index is 0.204. The number of nitrogens with zero attached hydrogens (tertiary/aromatic N) is 2. The van der Waals surface area contributed by atoms with Crippen molar-refractivity contribution in [2.45, 2.75) is 12.8 Å². The molecule has 0 bridgehead atoms. The second-order valence-electron chi connectivity index (χ2n) is 3.44. The van der Waals surface area contributed by atoms with E-state index in [-0.39, 0.29) is 5.28 Å². The molecular weight excluding hydrogens is 243 g/mol. The molecule has 0 saturated heterocycles. The van der Waals surface area contributed by atoms with Gasteiger partial charge < -0.3 is 0 Å². The highest BCUT2D eigenvalue weighted by Gasteiger charge is 2.01. The van der Waals surface area contributed by atoms with E-state index in [2.05, 4.69) is 22.1 Å². The first-order valence-electron chi connectivity index (χ1n) is 4.97. The Morgan fingerprint density at radius 2 is 1.69 bits per heavy atom. The van der Waals surface area contributed by atoms with Crippen LogP contribution in [0.15, 0.2) is 36.4 Å². The molecule has 2 nitrogen and oxygen atoms in total. The molecule has 0 radical (unpaired) electrons. The van der Waals surface area contributed by atoms with Gasteiger partial charge in [-0.1, -0.05) is 41.9 Å². The van der Waals surface area contributed by atoms with E-state index in [1.54, 1.807) is 6.07 Å². The third-order valence-electron chi connectivity index (χ3n) is 2.23. The summed E-state index contributed by atoms with van der Waals surface area (Å²) in [5.41, 5.74) is 2.14. The maximum absolute atomic E-state index is 5.80. The molecule has 0 aliphatic rings. The first kappa shape index (κ1) is 11.4. The van der Waals surface area contributed by atoms with Gasteiger partial charge in [0.2, 0.25) is 5.28 Å². The summed E-state index contributed by atoms with van der Waals surface area (Å²) in [4.78, 5) is 7.93. The first-order valence-corrected chi connectivity index (χ1v) is 5.72. The predicted molar refractivity (Wildman–Crippen MR) is 65.9 cm³/mol. The fraction of sp³-hybridized carbons (Fsp3) is 0.167. The molecule has 0 atom stereocenters. The van der Waals surface area contributed by atoms with Crippen molar-refractivity contribution in [3.63, 3.8) is 0 Å². The van der Waals surface area contributed by atoms with E-state index in [1.165, 1.54) is 5.56 Å². The number of benzene rings is 1. The van der Waals surface area contributed by atoms with Crippen molar-refractivity contribution in [3.05, 3.63) is 58.1 Å². The lowest BCUT2D eigenvalue weighted by Crippen LogP contribution is -1.96. The smallest absolute Gasteiger partial charge is 0.223 e. The van der Waals surface area contributed by atoms with Crippen LogP contribution in [0.3, 0.4) is 0 Å². The van der Waals surface area contributed by atoms with Gasteiger partial charge in [0.05, 0.1) is 0 Å². The van der Waals surface area contributed by atoms with E-state index < -0.39 is 0 Å². The highest BCUT2D eigenvalue weighted by molar-refractivity contribution is 6.31. The van der Waals surface area contributed by atoms with Crippen LogP contribution < -0.4 is 0 Å². The van der Waals surface area contributed by atoms with Crippen molar-refractivity contribution in [1.29, 1.82) is 0 Å². The van der Waals surface area contributed by atoms with Gasteiger partial charge in [0.25, 0.3) is 0 Å². The van der Waals surface area contributed by atoms with Crippen LogP contribution in [0.4, 0.5) is 0 Å². The highest BCUT2D eigenvalue weighted by atomic mass is 35.5. The summed E-state index contributed by atoms with van der Waals surface area (Å²) >= 11 is 11.5. The second-order valence-corrected chi connectivity index (χ2v) is 4.16. The Balaban J connectivity index is 2.05. The topological polar surface area (TPSA) is 25.8 Å². The van der Waals surface area contributed by atoms with E-state index in [9.17, 15) is 0 Å². The van der Waals surface area contributed by atoms with Crippen LogP contribution in [0.5, 0.6) is 0 Å². The number of aryl methyl sites for hydroxylation is 2. The summed E-state index contributed by atoms with van der Waals surface area (Å²) in [7, 11) is 0. The summed E-state index contributed by atoms with van der Waals surface area (Å²) in [5.74, 6) is 0. The third-order valence-corrected chi connectivity index (χ3v) is 2.60. The zero-order chi connectivity index (χ0) is 11.4. The summed E-state index contributed by atoms with van der Waals surface area (Å²) in [6, 6.07) is 12.0. The minimum atomic E-state index is 0.204. The van der Waals surface area contributed by atoms with Crippen LogP contribution in [0.1, 0.15) is 11.3 Å². The molecule has 82 valence electrons. The van der Waals surface area contributed by atoms with E-state index in [1.807, 2.05) is 18.2 Å². The van der Waals surface area contributed by atoms with E-state index in [0.29, 0.717) is 5.15 Å². The molecule has 1 aromatic heterocycles. The number of aromatic nitrogens is 2. The molecule has 2 aromatic rings. The third kappa shape index (κ3) is 3.19. The standard InChI is InChI=1S/C12H10Cl2N2/c13-11-8-10(15-12(14)16-11)7-6-9-4-2-1-3-5-9/h1-5,8H,6-7H2. The van der Waals surface area contributed by atoms with E-state index in [0.717, 1.165) is 18.5 Å². The Morgan fingerprint density at radius 1 is 0.938 bits per heavy atom. The number of halogens is 2. The van der Waals surface area contributed by atoms with Crippen molar-refractivity contribution in [2.75, 3.05) is 0 Å². The van der Waals surface area contributed by atoms with Crippen molar-refractivity contribution in [3.8, 4) is 0 Å². The van der Waals surface area contributed by atoms with Crippen LogP contribution in [-0.4, -0.2) is 9.97 Å². The van der Waals surface area contributed by atoms with Crippen molar-refractivity contribution < 1.29 is 0 Å². The van der Waals surface area contributed by atoms with Crippen molar-refractivity contribution in [2.24, 2.45) is 0 Å². The normalized spacial score (nSPS) is 10.4. The summed E-state index contributed by atoms with van der Waals surface area (Å²) < 4.78 is 0. The predicted octanol–water partition coefficient (Wildman–Crippen LogP) is 3.57. The van der Waals surface area contributed by atoms with Crippen LogP contribution in [0.2, 0.25) is 10.4 Å². The van der Waals surface area contributed by atoms with Gasteiger partial charge in [0.15, 0.2) is 0 Å². The second kappa shape index (κ2) is 5.28. The van der Waals surface area contributed by atoms with Gasteiger partial charge in [0, 0.05) is 5.69 Å². The molecule has 0 saturated carbocycles. The molecule has 1 aromatic carbocycles. The lowest BCUT2D eigenvalue weighted by atomic mass is 10.1. The average molecular weight is 253 g/mol. The Hall–Kier alpha value is -1.12. The molecule has 0 aliphatic carbocycles. The Bertz CT molecular complexity index is 451. The first-order chi connectivity index (χ1) is 7.74. The highest BCUT2D eigenvalue weighted by Crippen LogP contribution is 2.12. The summed E-state index contributed by atoms with van der Waals surface area (Å²) in [6.45, 7) is 0. The van der Waals surface area contributed by atoms with Crippen molar-refractivity contribution in [1.82, 2.24) is 9.97 Å². The van der Waals surface area contributed by atoms with Crippen LogP contribution in [0.25, 0.3) is 0 Å². The Morgan fingerprint density at radius 3 is 2.38 bits per heavy atom. The van der Waals surface area contributed by atoms with Gasteiger partial charge in [-0.05, 0) is 36.1 Å². The Labute approximate surface area is 104 Å². The van der Waals surface area contributed by atoms with Gasteiger partial charge in [-0.15, -0.1) is 0 Å². The maximum Gasteiger partial charge on any atom is 0.224 e. The van der Waals surface area contributed by atoms with Gasteiger partial charge >= 0.3 is 0 Å². The lowest BCUT2D eigenvalue weighted by molar-refractivity contribution is 0.901. The van der Waals surface area contributed by atoms with Gasteiger partial charge in [-0.25, -0.2) is 9.97 Å².